The van der Waals surface area contributed by atoms with Crippen LogP contribution in [-0.4, -0.2) is 11.9 Å². The van der Waals surface area contributed by atoms with Gasteiger partial charge in [-0.2, -0.15) is 0 Å². The van der Waals surface area contributed by atoms with Crippen LogP contribution in [0, 0.1) is 0 Å². The van der Waals surface area contributed by atoms with E-state index in [1.54, 1.807) is 0 Å². The molecular formula is C36H70O3. The minimum Gasteiger partial charge on any atom is -0.393 e. The minimum absolute atomic E-state index is 0.324. The second-order valence-electron chi connectivity index (χ2n) is 12.2. The summed E-state index contributed by atoms with van der Waals surface area (Å²) >= 11 is 0. The van der Waals surface area contributed by atoms with Crippen LogP contribution in [-0.2, 0) is 14.3 Å². The van der Waals surface area contributed by atoms with Gasteiger partial charge in [-0.05, 0) is 12.8 Å². The predicted octanol–water partition coefficient (Wildman–Crippen LogP) is 12.6. The van der Waals surface area contributed by atoms with Crippen LogP contribution in [0.4, 0.5) is 0 Å². The summed E-state index contributed by atoms with van der Waals surface area (Å²) in [4.78, 5) is 23.8. The van der Waals surface area contributed by atoms with E-state index >= 15 is 0 Å². The van der Waals surface area contributed by atoms with Gasteiger partial charge >= 0.3 is 11.9 Å². The largest absolute Gasteiger partial charge is 0.393 e. The molecule has 39 heavy (non-hydrogen) atoms. The Labute approximate surface area is 245 Å². The molecule has 0 amide bonds. The number of ether oxygens (including phenoxy) is 1. The first kappa shape index (κ1) is 38.1. The quantitative estimate of drug-likeness (QED) is 0.0475. The summed E-state index contributed by atoms with van der Waals surface area (Å²) in [5.41, 5.74) is 0. The third-order valence-electron chi connectivity index (χ3n) is 8.20. The number of hydrogen-bond acceptors (Lipinski definition) is 3. The number of carbonyl (C=O) groups is 2. The third kappa shape index (κ3) is 33.2. The van der Waals surface area contributed by atoms with Gasteiger partial charge in [-0.3, -0.25) is 9.59 Å². The van der Waals surface area contributed by atoms with Crippen molar-refractivity contribution >= 4 is 11.9 Å². The summed E-state index contributed by atoms with van der Waals surface area (Å²) in [6.45, 7) is 4.55. The molecule has 0 saturated carbocycles. The highest BCUT2D eigenvalue weighted by atomic mass is 16.6. The van der Waals surface area contributed by atoms with E-state index in [1.807, 2.05) is 0 Å². The van der Waals surface area contributed by atoms with Crippen molar-refractivity contribution in [3.05, 3.63) is 0 Å². The first-order valence-electron chi connectivity index (χ1n) is 17.9. The zero-order valence-electron chi connectivity index (χ0n) is 26.9. The summed E-state index contributed by atoms with van der Waals surface area (Å²) in [6, 6.07) is 0. The molecule has 0 atom stereocenters. The molecule has 232 valence electrons. The van der Waals surface area contributed by atoms with Crippen molar-refractivity contribution in [1.29, 1.82) is 0 Å². The second kappa shape index (κ2) is 33.3. The lowest BCUT2D eigenvalue weighted by Crippen LogP contribution is -2.11. The molecule has 3 nitrogen and oxygen atoms in total. The number of unbranched alkanes of at least 4 members (excludes halogenated alkanes) is 28. The van der Waals surface area contributed by atoms with Gasteiger partial charge in [0.25, 0.3) is 0 Å². The highest BCUT2D eigenvalue weighted by Gasteiger charge is 2.09. The summed E-state index contributed by atoms with van der Waals surface area (Å²) in [7, 11) is 0. The second-order valence-corrected chi connectivity index (χ2v) is 12.2. The number of hydrogen-bond donors (Lipinski definition) is 0. The van der Waals surface area contributed by atoms with E-state index < -0.39 is 0 Å². The standard InChI is InChI=1S/C36H70O3/c1-3-5-7-9-11-13-15-16-17-18-19-20-21-22-24-26-28-30-32-34-36(38)39-35(37)33-31-29-27-25-23-14-12-10-8-6-4-2/h3-34H2,1-2H3. The zero-order chi connectivity index (χ0) is 28.5. The van der Waals surface area contributed by atoms with Crippen LogP contribution in [0.25, 0.3) is 0 Å². The molecule has 0 aromatic rings. The minimum atomic E-state index is -0.325. The van der Waals surface area contributed by atoms with Gasteiger partial charge in [0.1, 0.15) is 0 Å². The fourth-order valence-electron chi connectivity index (χ4n) is 5.51. The number of carbonyl (C=O) groups excluding carboxylic acids is 2. The van der Waals surface area contributed by atoms with Crippen molar-refractivity contribution in [2.75, 3.05) is 0 Å². The van der Waals surface area contributed by atoms with Crippen molar-refractivity contribution in [2.24, 2.45) is 0 Å². The normalized spacial score (nSPS) is 11.2. The van der Waals surface area contributed by atoms with Gasteiger partial charge in [0.2, 0.25) is 0 Å². The van der Waals surface area contributed by atoms with E-state index in [0.29, 0.717) is 12.8 Å². The smallest absolute Gasteiger partial charge is 0.313 e. The Morgan fingerprint density at radius 3 is 0.692 bits per heavy atom. The summed E-state index contributed by atoms with van der Waals surface area (Å²) in [5, 5.41) is 0. The molecule has 0 aliphatic carbocycles. The van der Waals surface area contributed by atoms with Crippen LogP contribution in [0.3, 0.4) is 0 Å². The molecule has 0 aromatic carbocycles. The van der Waals surface area contributed by atoms with Crippen LogP contribution in [0.2, 0.25) is 0 Å². The van der Waals surface area contributed by atoms with E-state index in [9.17, 15) is 9.59 Å². The van der Waals surface area contributed by atoms with Crippen molar-refractivity contribution in [2.45, 2.75) is 219 Å². The van der Waals surface area contributed by atoms with Gasteiger partial charge in [0.15, 0.2) is 0 Å². The maximum Gasteiger partial charge on any atom is 0.313 e. The first-order chi connectivity index (χ1) is 19.2. The van der Waals surface area contributed by atoms with E-state index in [-0.39, 0.29) is 11.9 Å². The van der Waals surface area contributed by atoms with Crippen LogP contribution >= 0.6 is 0 Å². The van der Waals surface area contributed by atoms with Crippen molar-refractivity contribution in [3.63, 3.8) is 0 Å². The van der Waals surface area contributed by atoms with Gasteiger partial charge in [0, 0.05) is 12.8 Å². The molecule has 0 bridgehead atoms. The number of esters is 2. The molecule has 0 radical (unpaired) electrons. The van der Waals surface area contributed by atoms with E-state index in [1.165, 1.54) is 167 Å². The molecular weight excluding hydrogens is 480 g/mol. The molecule has 0 heterocycles. The average molecular weight is 551 g/mol. The van der Waals surface area contributed by atoms with Gasteiger partial charge in [-0.1, -0.05) is 194 Å². The third-order valence-corrected chi connectivity index (χ3v) is 8.20. The molecule has 0 aliphatic rings. The Bertz CT molecular complexity index is 502. The molecule has 0 rings (SSSR count). The maximum atomic E-state index is 11.9. The molecule has 0 fully saturated rings. The lowest BCUT2D eigenvalue weighted by molar-refractivity contribution is -0.159. The molecule has 0 aliphatic heterocycles. The monoisotopic (exact) mass is 551 g/mol. The fourth-order valence-corrected chi connectivity index (χ4v) is 5.51. The van der Waals surface area contributed by atoms with Crippen LogP contribution in [0.5, 0.6) is 0 Å². The average Bonchev–Trinajstić information content (AvgIpc) is 2.93. The van der Waals surface area contributed by atoms with Gasteiger partial charge in [0.05, 0.1) is 0 Å². The molecule has 0 aromatic heterocycles. The van der Waals surface area contributed by atoms with Crippen LogP contribution < -0.4 is 0 Å². The lowest BCUT2D eigenvalue weighted by atomic mass is 10.0. The van der Waals surface area contributed by atoms with Gasteiger partial charge < -0.3 is 4.74 Å². The van der Waals surface area contributed by atoms with E-state index in [4.69, 9.17) is 4.74 Å². The first-order valence-corrected chi connectivity index (χ1v) is 17.9. The predicted molar refractivity (Wildman–Crippen MR) is 170 cm³/mol. The van der Waals surface area contributed by atoms with Crippen LogP contribution in [0.15, 0.2) is 0 Å². The Balaban J connectivity index is 3.26. The Hall–Kier alpha value is -0.860. The molecule has 0 saturated heterocycles. The van der Waals surface area contributed by atoms with Crippen molar-refractivity contribution in [1.82, 2.24) is 0 Å². The van der Waals surface area contributed by atoms with Crippen molar-refractivity contribution in [3.8, 4) is 0 Å². The van der Waals surface area contributed by atoms with E-state index in [2.05, 4.69) is 13.8 Å². The Kier molecular flexibility index (Phi) is 32.6. The van der Waals surface area contributed by atoms with E-state index in [0.717, 1.165) is 25.7 Å². The number of rotatable bonds is 32. The molecule has 3 heteroatoms. The fraction of sp³-hybridized carbons (Fsp3) is 0.944. The summed E-state index contributed by atoms with van der Waals surface area (Å²) in [6.07, 6.45) is 40.2. The van der Waals surface area contributed by atoms with Crippen molar-refractivity contribution < 1.29 is 14.3 Å². The maximum absolute atomic E-state index is 11.9. The zero-order valence-corrected chi connectivity index (χ0v) is 26.9. The Morgan fingerprint density at radius 1 is 0.308 bits per heavy atom. The summed E-state index contributed by atoms with van der Waals surface area (Å²) in [5.74, 6) is -0.649. The molecule has 0 N–H and O–H groups in total. The molecule has 0 unspecified atom stereocenters. The molecule has 0 spiro atoms. The van der Waals surface area contributed by atoms with Gasteiger partial charge in [-0.25, -0.2) is 0 Å². The highest BCUT2D eigenvalue weighted by molar-refractivity contribution is 5.85. The summed E-state index contributed by atoms with van der Waals surface area (Å²) < 4.78 is 5.00. The highest BCUT2D eigenvalue weighted by Crippen LogP contribution is 2.15. The van der Waals surface area contributed by atoms with Crippen LogP contribution in [0.1, 0.15) is 219 Å². The van der Waals surface area contributed by atoms with Gasteiger partial charge in [-0.15, -0.1) is 0 Å². The lowest BCUT2D eigenvalue weighted by Gasteiger charge is -2.05. The SMILES string of the molecule is CCCCCCCCCCCCCCCCCCCCCC(=O)OC(=O)CCCCCCCCCCCCC. The topological polar surface area (TPSA) is 43.4 Å². The Morgan fingerprint density at radius 2 is 0.487 bits per heavy atom.